The van der Waals surface area contributed by atoms with E-state index in [9.17, 15) is 4.79 Å². The van der Waals surface area contributed by atoms with Crippen LogP contribution >= 0.6 is 11.8 Å². The smallest absolute Gasteiger partial charge is 0.242 e. The number of hydrogen-bond donors (Lipinski definition) is 0. The third-order valence-corrected chi connectivity index (χ3v) is 4.79. The standard InChI is InChI=1S/C18H19N3O2S/c1-3-16(14-8-5-4-6-9-14)19-20-18-21(17(22)13(2)24-18)12-15-10-7-11-23-15/h4-11,13H,3,12H2,1-2H3/b19-16+,20-18-. The van der Waals surface area contributed by atoms with Crippen molar-refractivity contribution in [2.24, 2.45) is 10.2 Å². The molecule has 5 nitrogen and oxygen atoms in total. The van der Waals surface area contributed by atoms with Gasteiger partial charge in [0, 0.05) is 0 Å². The first-order valence-electron chi connectivity index (χ1n) is 7.89. The fourth-order valence-corrected chi connectivity index (χ4v) is 3.35. The molecule has 1 aromatic carbocycles. The lowest BCUT2D eigenvalue weighted by molar-refractivity contribution is -0.126. The van der Waals surface area contributed by atoms with Crippen LogP contribution in [0.25, 0.3) is 0 Å². The van der Waals surface area contributed by atoms with Crippen molar-refractivity contribution in [3.8, 4) is 0 Å². The zero-order valence-electron chi connectivity index (χ0n) is 13.7. The van der Waals surface area contributed by atoms with Gasteiger partial charge in [0.05, 0.1) is 23.8 Å². The summed E-state index contributed by atoms with van der Waals surface area (Å²) in [5.41, 5.74) is 1.94. The van der Waals surface area contributed by atoms with Gasteiger partial charge in [-0.25, -0.2) is 0 Å². The third kappa shape index (κ3) is 3.59. The average molecular weight is 341 g/mol. The highest BCUT2D eigenvalue weighted by atomic mass is 32.2. The number of carbonyl (C=O) groups is 1. The predicted octanol–water partition coefficient (Wildman–Crippen LogP) is 3.91. The molecule has 1 fully saturated rings. The molecular weight excluding hydrogens is 322 g/mol. The maximum absolute atomic E-state index is 12.4. The molecule has 0 N–H and O–H groups in total. The van der Waals surface area contributed by atoms with Gasteiger partial charge in [-0.3, -0.25) is 9.69 Å². The Morgan fingerprint density at radius 3 is 2.71 bits per heavy atom. The molecule has 1 aliphatic rings. The Hall–Kier alpha value is -2.34. The van der Waals surface area contributed by atoms with Gasteiger partial charge in [0.15, 0.2) is 5.17 Å². The SMILES string of the molecule is CC/C(=N\N=C1/SC(C)C(=O)N1Cc1ccco1)c1ccccc1. The largest absolute Gasteiger partial charge is 0.467 e. The van der Waals surface area contributed by atoms with Gasteiger partial charge < -0.3 is 4.42 Å². The van der Waals surface area contributed by atoms with Crippen LogP contribution in [0, 0.1) is 0 Å². The fourth-order valence-electron chi connectivity index (χ4n) is 2.43. The second-order valence-corrected chi connectivity index (χ2v) is 6.72. The number of amides is 1. The number of carbonyl (C=O) groups excluding carboxylic acids is 1. The van der Waals surface area contributed by atoms with Gasteiger partial charge in [0.1, 0.15) is 5.76 Å². The van der Waals surface area contributed by atoms with E-state index in [-0.39, 0.29) is 11.2 Å². The van der Waals surface area contributed by atoms with E-state index in [1.165, 1.54) is 11.8 Å². The van der Waals surface area contributed by atoms with Crippen molar-refractivity contribution in [2.75, 3.05) is 0 Å². The molecule has 0 spiro atoms. The van der Waals surface area contributed by atoms with Crippen molar-refractivity contribution in [1.82, 2.24) is 4.90 Å². The minimum absolute atomic E-state index is 0.0307. The van der Waals surface area contributed by atoms with E-state index < -0.39 is 0 Å². The number of hydrogen-bond acceptors (Lipinski definition) is 5. The Balaban J connectivity index is 1.86. The molecule has 24 heavy (non-hydrogen) atoms. The highest BCUT2D eigenvalue weighted by Crippen LogP contribution is 2.28. The van der Waals surface area contributed by atoms with Crippen molar-refractivity contribution >= 4 is 28.5 Å². The van der Waals surface area contributed by atoms with Crippen LogP contribution in [0.2, 0.25) is 0 Å². The zero-order chi connectivity index (χ0) is 16.9. The summed E-state index contributed by atoms with van der Waals surface area (Å²) in [6.45, 7) is 4.30. The quantitative estimate of drug-likeness (QED) is 0.612. The Morgan fingerprint density at radius 2 is 2.04 bits per heavy atom. The summed E-state index contributed by atoms with van der Waals surface area (Å²) in [5.74, 6) is 0.761. The van der Waals surface area contributed by atoms with Crippen molar-refractivity contribution < 1.29 is 9.21 Å². The van der Waals surface area contributed by atoms with Gasteiger partial charge in [0.25, 0.3) is 0 Å². The molecule has 0 aliphatic carbocycles. The number of rotatable bonds is 5. The molecule has 0 radical (unpaired) electrons. The predicted molar refractivity (Wildman–Crippen MR) is 97.0 cm³/mol. The van der Waals surface area contributed by atoms with Gasteiger partial charge in [-0.2, -0.15) is 5.10 Å². The van der Waals surface area contributed by atoms with Crippen molar-refractivity contribution in [3.63, 3.8) is 0 Å². The van der Waals surface area contributed by atoms with Crippen molar-refractivity contribution in [3.05, 3.63) is 60.1 Å². The van der Waals surface area contributed by atoms with Crippen LogP contribution in [0.4, 0.5) is 0 Å². The van der Waals surface area contributed by atoms with E-state index in [0.29, 0.717) is 11.7 Å². The van der Waals surface area contributed by atoms with Crippen LogP contribution in [0.3, 0.4) is 0 Å². The molecule has 124 valence electrons. The summed E-state index contributed by atoms with van der Waals surface area (Å²) in [6.07, 6.45) is 2.37. The van der Waals surface area contributed by atoms with E-state index in [2.05, 4.69) is 10.2 Å². The topological polar surface area (TPSA) is 58.2 Å². The Bertz CT molecular complexity index is 754. The van der Waals surface area contributed by atoms with Gasteiger partial charge >= 0.3 is 0 Å². The first-order chi connectivity index (χ1) is 11.7. The molecule has 1 amide bonds. The molecular formula is C18H19N3O2S. The van der Waals surface area contributed by atoms with Crippen LogP contribution in [-0.4, -0.2) is 26.9 Å². The van der Waals surface area contributed by atoms with Crippen LogP contribution < -0.4 is 0 Å². The number of thioether (sulfide) groups is 1. The second kappa shape index (κ2) is 7.49. The van der Waals surface area contributed by atoms with E-state index in [1.807, 2.05) is 56.3 Å². The molecule has 1 aliphatic heterocycles. The van der Waals surface area contributed by atoms with Gasteiger partial charge in [-0.05, 0) is 31.0 Å². The summed E-state index contributed by atoms with van der Waals surface area (Å²) in [6, 6.07) is 13.6. The Morgan fingerprint density at radius 1 is 1.25 bits per heavy atom. The number of benzene rings is 1. The number of furan rings is 1. The summed E-state index contributed by atoms with van der Waals surface area (Å²) in [5, 5.41) is 9.23. The van der Waals surface area contributed by atoms with E-state index in [1.54, 1.807) is 11.2 Å². The number of amidine groups is 1. The van der Waals surface area contributed by atoms with Crippen LogP contribution in [0.1, 0.15) is 31.6 Å². The molecule has 0 bridgehead atoms. The van der Waals surface area contributed by atoms with Crippen LogP contribution in [-0.2, 0) is 11.3 Å². The summed E-state index contributed by atoms with van der Waals surface area (Å²) < 4.78 is 5.35. The lowest BCUT2D eigenvalue weighted by atomic mass is 10.1. The van der Waals surface area contributed by atoms with E-state index in [4.69, 9.17) is 4.42 Å². The van der Waals surface area contributed by atoms with Gasteiger partial charge in [-0.15, -0.1) is 5.10 Å². The molecule has 1 aromatic heterocycles. The molecule has 1 atom stereocenters. The molecule has 2 aromatic rings. The molecule has 0 saturated carbocycles. The minimum atomic E-state index is -0.157. The minimum Gasteiger partial charge on any atom is -0.467 e. The molecule has 2 heterocycles. The molecule has 1 unspecified atom stereocenters. The second-order valence-electron chi connectivity index (χ2n) is 5.41. The summed E-state index contributed by atoms with van der Waals surface area (Å²) in [4.78, 5) is 14.0. The maximum Gasteiger partial charge on any atom is 0.242 e. The zero-order valence-corrected chi connectivity index (χ0v) is 14.5. The maximum atomic E-state index is 12.4. The van der Waals surface area contributed by atoms with Gasteiger partial charge in [0.2, 0.25) is 5.91 Å². The van der Waals surface area contributed by atoms with Crippen LogP contribution in [0.5, 0.6) is 0 Å². The van der Waals surface area contributed by atoms with Crippen molar-refractivity contribution in [2.45, 2.75) is 32.1 Å². The highest BCUT2D eigenvalue weighted by Gasteiger charge is 2.35. The van der Waals surface area contributed by atoms with Crippen molar-refractivity contribution in [1.29, 1.82) is 0 Å². The number of nitrogens with zero attached hydrogens (tertiary/aromatic N) is 3. The first kappa shape index (κ1) is 16.5. The van der Waals surface area contributed by atoms with Gasteiger partial charge in [-0.1, -0.05) is 49.0 Å². The highest BCUT2D eigenvalue weighted by molar-refractivity contribution is 8.15. The Kier molecular flexibility index (Phi) is 5.15. The van der Waals surface area contributed by atoms with Crippen LogP contribution in [0.15, 0.2) is 63.3 Å². The lowest BCUT2D eigenvalue weighted by Crippen LogP contribution is -2.30. The summed E-state index contributed by atoms with van der Waals surface area (Å²) in [7, 11) is 0. The monoisotopic (exact) mass is 341 g/mol. The Labute approximate surface area is 145 Å². The van der Waals surface area contributed by atoms with E-state index in [0.717, 1.165) is 23.5 Å². The third-order valence-electron chi connectivity index (χ3n) is 3.72. The fraction of sp³-hybridized carbons (Fsp3) is 0.278. The lowest BCUT2D eigenvalue weighted by Gasteiger charge is -2.13. The summed E-state index contributed by atoms with van der Waals surface area (Å²) >= 11 is 1.43. The molecule has 6 heteroatoms. The molecule has 3 rings (SSSR count). The van der Waals surface area contributed by atoms with E-state index >= 15 is 0 Å². The average Bonchev–Trinajstić information content (AvgIpc) is 3.21. The molecule has 1 saturated heterocycles. The first-order valence-corrected chi connectivity index (χ1v) is 8.77. The normalized spacial score (nSPS) is 20.2.